The Labute approximate surface area is 209 Å². The highest BCUT2D eigenvalue weighted by Crippen LogP contribution is 2.34. The molecule has 3 aromatic carbocycles. The van der Waals surface area contributed by atoms with Crippen molar-refractivity contribution in [2.45, 2.75) is 16.3 Å². The summed E-state index contributed by atoms with van der Waals surface area (Å²) >= 11 is 1.38. The van der Waals surface area contributed by atoms with Crippen molar-refractivity contribution in [3.05, 3.63) is 94.5 Å². The number of rotatable bonds is 5. The van der Waals surface area contributed by atoms with E-state index in [9.17, 15) is 22.8 Å². The van der Waals surface area contributed by atoms with Gasteiger partial charge in [-0.1, -0.05) is 24.3 Å². The van der Waals surface area contributed by atoms with Gasteiger partial charge in [-0.2, -0.15) is 0 Å². The lowest BCUT2D eigenvalue weighted by Gasteiger charge is -2.10. The Bertz CT molecular complexity index is 1640. The Kier molecular flexibility index (Phi) is 5.86. The second-order valence-corrected chi connectivity index (χ2v) is 10.9. The predicted molar refractivity (Wildman–Crippen MR) is 134 cm³/mol. The maximum atomic E-state index is 13.1. The minimum atomic E-state index is -3.95. The molecule has 36 heavy (non-hydrogen) atoms. The monoisotopic (exact) mass is 518 g/mol. The first-order chi connectivity index (χ1) is 17.2. The van der Waals surface area contributed by atoms with Crippen LogP contribution in [0.4, 0.5) is 5.69 Å². The molecule has 1 aliphatic heterocycles. The first kappa shape index (κ1) is 23.4. The number of thiazole rings is 1. The molecule has 0 atom stereocenters. The standard InChI is InChI=1S/C25H18N4O5S2/c26-22(30)14-5-7-15(8-6-14)25-28-13-17(35-25)12-27-23(31)16-9-10-21-19(11-16)29-24(32)18-3-1-2-4-20(18)36(21,33)34/h1-11,13H,12H2,(H2,26,30)(H,27,31)(H,29,32). The number of nitrogens with zero attached hydrogens (tertiary/aromatic N) is 1. The summed E-state index contributed by atoms with van der Waals surface area (Å²) in [5.74, 6) is -1.51. The highest BCUT2D eigenvalue weighted by atomic mass is 32.2. The molecule has 11 heteroatoms. The molecule has 0 bridgehead atoms. The van der Waals surface area contributed by atoms with Gasteiger partial charge in [-0.05, 0) is 42.5 Å². The van der Waals surface area contributed by atoms with E-state index in [2.05, 4.69) is 15.6 Å². The van der Waals surface area contributed by atoms with Gasteiger partial charge in [-0.25, -0.2) is 13.4 Å². The topological polar surface area (TPSA) is 148 Å². The molecule has 1 aliphatic rings. The fraction of sp³-hybridized carbons (Fsp3) is 0.0400. The number of carbonyl (C=O) groups excluding carboxylic acids is 3. The van der Waals surface area contributed by atoms with Crippen molar-refractivity contribution >= 4 is 44.6 Å². The van der Waals surface area contributed by atoms with Crippen molar-refractivity contribution in [2.75, 3.05) is 5.32 Å². The number of aromatic nitrogens is 1. The van der Waals surface area contributed by atoms with Gasteiger partial charge < -0.3 is 16.4 Å². The number of carbonyl (C=O) groups is 3. The molecule has 1 aromatic heterocycles. The van der Waals surface area contributed by atoms with E-state index >= 15 is 0 Å². The zero-order valence-corrected chi connectivity index (χ0v) is 20.2. The largest absolute Gasteiger partial charge is 0.366 e. The van der Waals surface area contributed by atoms with Gasteiger partial charge in [0.05, 0.1) is 27.6 Å². The highest BCUT2D eigenvalue weighted by molar-refractivity contribution is 7.91. The Morgan fingerprint density at radius 1 is 0.972 bits per heavy atom. The van der Waals surface area contributed by atoms with Gasteiger partial charge in [0.15, 0.2) is 0 Å². The lowest BCUT2D eigenvalue weighted by molar-refractivity contribution is 0.0948. The second kappa shape index (κ2) is 9.02. The number of primary amides is 1. The summed E-state index contributed by atoms with van der Waals surface area (Å²) in [6.45, 7) is 0.197. The molecule has 0 radical (unpaired) electrons. The summed E-state index contributed by atoms with van der Waals surface area (Å²) in [7, 11) is -3.95. The third-order valence-corrected chi connectivity index (χ3v) is 8.51. The van der Waals surface area contributed by atoms with E-state index in [1.807, 2.05) is 0 Å². The van der Waals surface area contributed by atoms with E-state index in [0.29, 0.717) is 10.6 Å². The second-order valence-electron chi connectivity index (χ2n) is 7.92. The molecule has 0 saturated carbocycles. The van der Waals surface area contributed by atoms with Gasteiger partial charge in [0.2, 0.25) is 15.7 Å². The lowest BCUT2D eigenvalue weighted by Crippen LogP contribution is -2.22. The molecule has 4 N–H and O–H groups in total. The smallest absolute Gasteiger partial charge is 0.257 e. The van der Waals surface area contributed by atoms with Crippen LogP contribution in [0.15, 0.2) is 82.7 Å². The zero-order valence-electron chi connectivity index (χ0n) is 18.5. The van der Waals surface area contributed by atoms with Gasteiger partial charge in [-0.15, -0.1) is 11.3 Å². The molecule has 2 heterocycles. The molecule has 0 spiro atoms. The van der Waals surface area contributed by atoms with Crippen molar-refractivity contribution in [1.29, 1.82) is 0 Å². The average molecular weight is 519 g/mol. The van der Waals surface area contributed by atoms with E-state index in [1.165, 1.54) is 41.7 Å². The van der Waals surface area contributed by atoms with Crippen molar-refractivity contribution in [2.24, 2.45) is 5.73 Å². The molecule has 9 nitrogen and oxygen atoms in total. The third-order valence-electron chi connectivity index (χ3n) is 5.59. The number of benzene rings is 3. The van der Waals surface area contributed by atoms with E-state index in [0.717, 1.165) is 10.4 Å². The Morgan fingerprint density at radius 2 is 1.69 bits per heavy atom. The van der Waals surface area contributed by atoms with Crippen LogP contribution in [0.25, 0.3) is 10.6 Å². The SMILES string of the molecule is NC(=O)c1ccc(-c2ncc(CNC(=O)c3ccc4c(c3)NC(=O)c3ccccc3S4(=O)=O)s2)cc1. The Balaban J connectivity index is 1.33. The number of hydrogen-bond donors (Lipinski definition) is 3. The van der Waals surface area contributed by atoms with Crippen LogP contribution >= 0.6 is 11.3 Å². The van der Waals surface area contributed by atoms with Gasteiger partial charge in [0.1, 0.15) is 5.01 Å². The van der Waals surface area contributed by atoms with Crippen molar-refractivity contribution in [1.82, 2.24) is 10.3 Å². The molecule has 0 unspecified atom stereocenters. The van der Waals surface area contributed by atoms with Crippen molar-refractivity contribution < 1.29 is 22.8 Å². The molecular formula is C25H18N4O5S2. The number of anilines is 1. The summed E-state index contributed by atoms with van der Waals surface area (Å²) in [6, 6.07) is 16.8. The maximum Gasteiger partial charge on any atom is 0.257 e. The number of hydrogen-bond acceptors (Lipinski definition) is 7. The third kappa shape index (κ3) is 4.25. The average Bonchev–Trinajstić information content (AvgIpc) is 3.33. The summed E-state index contributed by atoms with van der Waals surface area (Å²) in [6.07, 6.45) is 1.64. The Morgan fingerprint density at radius 3 is 2.44 bits per heavy atom. The minimum absolute atomic E-state index is 0.0448. The van der Waals surface area contributed by atoms with Crippen molar-refractivity contribution in [3.8, 4) is 10.6 Å². The van der Waals surface area contributed by atoms with E-state index < -0.39 is 27.6 Å². The maximum absolute atomic E-state index is 13.1. The van der Waals surface area contributed by atoms with Crippen LogP contribution in [0.3, 0.4) is 0 Å². The number of sulfone groups is 1. The molecule has 0 fully saturated rings. The van der Waals surface area contributed by atoms with Crippen LogP contribution in [-0.4, -0.2) is 31.1 Å². The highest BCUT2D eigenvalue weighted by Gasteiger charge is 2.31. The van der Waals surface area contributed by atoms with Crippen LogP contribution in [0, 0.1) is 0 Å². The Hall–Kier alpha value is -4.35. The van der Waals surface area contributed by atoms with Gasteiger partial charge in [0.25, 0.3) is 11.8 Å². The number of nitrogens with one attached hydrogen (secondary N) is 2. The summed E-state index contributed by atoms with van der Waals surface area (Å²) in [5, 5.41) is 6.10. The number of nitrogens with two attached hydrogens (primary N) is 1. The zero-order chi connectivity index (χ0) is 25.4. The van der Waals surface area contributed by atoms with Crippen molar-refractivity contribution in [3.63, 3.8) is 0 Å². The number of amides is 3. The van der Waals surface area contributed by atoms with Crippen LogP contribution < -0.4 is 16.4 Å². The molecular weight excluding hydrogens is 500 g/mol. The van der Waals surface area contributed by atoms with Gasteiger partial charge in [0, 0.05) is 27.8 Å². The molecule has 5 rings (SSSR count). The number of fused-ring (bicyclic) bond motifs is 2. The fourth-order valence-corrected chi connectivity index (χ4v) is 6.22. The van der Waals surface area contributed by atoms with Gasteiger partial charge >= 0.3 is 0 Å². The summed E-state index contributed by atoms with van der Waals surface area (Å²) < 4.78 is 26.2. The van der Waals surface area contributed by atoms with Crippen LogP contribution in [-0.2, 0) is 16.4 Å². The first-order valence-corrected chi connectivity index (χ1v) is 13.0. The van der Waals surface area contributed by atoms with E-state index in [4.69, 9.17) is 5.73 Å². The first-order valence-electron chi connectivity index (χ1n) is 10.7. The molecule has 0 saturated heterocycles. The van der Waals surface area contributed by atoms with E-state index in [-0.39, 0.29) is 33.2 Å². The normalized spacial score (nSPS) is 13.6. The lowest BCUT2D eigenvalue weighted by atomic mass is 10.1. The van der Waals surface area contributed by atoms with Crippen LogP contribution in [0.1, 0.15) is 36.0 Å². The summed E-state index contributed by atoms with van der Waals surface area (Å²) in [5.41, 5.74) is 6.76. The fourth-order valence-electron chi connectivity index (χ4n) is 3.77. The molecule has 0 aliphatic carbocycles. The van der Waals surface area contributed by atoms with Crippen LogP contribution in [0.5, 0.6) is 0 Å². The quantitative estimate of drug-likeness (QED) is 0.369. The van der Waals surface area contributed by atoms with Gasteiger partial charge in [-0.3, -0.25) is 14.4 Å². The predicted octanol–water partition coefficient (Wildman–Crippen LogP) is 3.24. The molecule has 180 valence electrons. The molecule has 4 aromatic rings. The minimum Gasteiger partial charge on any atom is -0.366 e. The molecule has 3 amide bonds. The van der Waals surface area contributed by atoms with Crippen LogP contribution in [0.2, 0.25) is 0 Å². The van der Waals surface area contributed by atoms with E-state index in [1.54, 1.807) is 42.6 Å². The summed E-state index contributed by atoms with van der Waals surface area (Å²) in [4.78, 5) is 41.6.